The molecule has 2 N–H and O–H groups in total. The van der Waals surface area contributed by atoms with Crippen LogP contribution in [0.5, 0.6) is 0 Å². The minimum absolute atomic E-state index is 0.0286. The largest absolute Gasteiger partial charge is 0.346 e. The van der Waals surface area contributed by atoms with Crippen molar-refractivity contribution in [1.29, 1.82) is 0 Å². The first-order chi connectivity index (χ1) is 14.8. The Morgan fingerprint density at radius 2 is 1.97 bits per heavy atom. The van der Waals surface area contributed by atoms with Gasteiger partial charge in [0.15, 0.2) is 16.6 Å². The Hall–Kier alpha value is -3.47. The van der Waals surface area contributed by atoms with Crippen molar-refractivity contribution >= 4 is 29.0 Å². The van der Waals surface area contributed by atoms with Crippen molar-refractivity contribution in [2.75, 3.05) is 11.9 Å². The fourth-order valence-electron chi connectivity index (χ4n) is 3.12. The highest BCUT2D eigenvalue weighted by molar-refractivity contribution is 7.14. The number of benzene rings is 2. The van der Waals surface area contributed by atoms with Crippen LogP contribution in [0.2, 0.25) is 0 Å². The number of urea groups is 1. The first kappa shape index (κ1) is 20.8. The van der Waals surface area contributed by atoms with Gasteiger partial charge in [-0.2, -0.15) is 0 Å². The molecule has 11 heteroatoms. The summed E-state index contributed by atoms with van der Waals surface area (Å²) in [4.78, 5) is 25.7. The van der Waals surface area contributed by atoms with E-state index in [-0.39, 0.29) is 24.3 Å². The van der Waals surface area contributed by atoms with Gasteiger partial charge in [0.2, 0.25) is 5.91 Å². The van der Waals surface area contributed by atoms with E-state index in [1.54, 1.807) is 25.1 Å². The number of carbonyl (C=O) groups excluding carboxylic acids is 2. The molecule has 2 aromatic carbocycles. The second kappa shape index (κ2) is 8.34. The van der Waals surface area contributed by atoms with Crippen LogP contribution in [-0.2, 0) is 11.3 Å². The van der Waals surface area contributed by atoms with Crippen molar-refractivity contribution in [1.82, 2.24) is 20.4 Å². The lowest BCUT2D eigenvalue weighted by molar-refractivity contribution is -0.122. The molecule has 0 saturated heterocycles. The number of amides is 3. The van der Waals surface area contributed by atoms with E-state index in [9.17, 15) is 22.8 Å². The highest BCUT2D eigenvalue weighted by Crippen LogP contribution is 2.29. The van der Waals surface area contributed by atoms with E-state index in [0.29, 0.717) is 15.6 Å². The molecule has 160 valence electrons. The van der Waals surface area contributed by atoms with E-state index < -0.39 is 35.4 Å². The number of carbonyl (C=O) groups is 2. The summed E-state index contributed by atoms with van der Waals surface area (Å²) in [5.74, 6) is -3.05. The minimum atomic E-state index is -1.06. The van der Waals surface area contributed by atoms with Gasteiger partial charge in [0, 0.05) is 11.1 Å². The Labute approximate surface area is 178 Å². The van der Waals surface area contributed by atoms with Crippen molar-refractivity contribution in [2.24, 2.45) is 0 Å². The molecule has 3 aromatic rings. The SMILES string of the molecule is C[C@@H](NC(=O)CN1Cc2c(ccc(F)c2F)NC1=O)c1nnc(-c2ccccc2F)s1. The second-order valence-corrected chi connectivity index (χ2v) is 7.90. The Morgan fingerprint density at radius 3 is 2.74 bits per heavy atom. The molecule has 0 radical (unpaired) electrons. The molecule has 7 nitrogen and oxygen atoms in total. The van der Waals surface area contributed by atoms with Crippen LogP contribution in [0, 0.1) is 17.5 Å². The second-order valence-electron chi connectivity index (χ2n) is 6.89. The molecule has 2 heterocycles. The molecule has 0 spiro atoms. The summed E-state index contributed by atoms with van der Waals surface area (Å²) in [5, 5.41) is 13.9. The predicted octanol–water partition coefficient (Wildman–Crippen LogP) is 3.85. The van der Waals surface area contributed by atoms with Crippen LogP contribution in [0.25, 0.3) is 10.6 Å². The molecule has 1 aliphatic rings. The quantitative estimate of drug-likeness (QED) is 0.622. The van der Waals surface area contributed by atoms with Gasteiger partial charge in [0.1, 0.15) is 17.4 Å². The maximum absolute atomic E-state index is 14.0. The van der Waals surface area contributed by atoms with E-state index in [2.05, 4.69) is 20.8 Å². The Balaban J connectivity index is 1.42. The lowest BCUT2D eigenvalue weighted by atomic mass is 10.1. The number of anilines is 1. The molecule has 0 bridgehead atoms. The van der Waals surface area contributed by atoms with Crippen molar-refractivity contribution in [3.8, 4) is 10.6 Å². The lowest BCUT2D eigenvalue weighted by Gasteiger charge is -2.29. The number of halogens is 3. The molecule has 3 amide bonds. The third kappa shape index (κ3) is 4.22. The van der Waals surface area contributed by atoms with E-state index in [1.807, 2.05) is 0 Å². The number of aromatic nitrogens is 2. The summed E-state index contributed by atoms with van der Waals surface area (Å²) in [7, 11) is 0. The average molecular weight is 447 g/mol. The van der Waals surface area contributed by atoms with Crippen LogP contribution in [0.3, 0.4) is 0 Å². The van der Waals surface area contributed by atoms with E-state index >= 15 is 0 Å². The van der Waals surface area contributed by atoms with Crippen LogP contribution in [0.4, 0.5) is 23.7 Å². The number of nitrogens with one attached hydrogen (secondary N) is 2. The van der Waals surface area contributed by atoms with Gasteiger partial charge in [-0.3, -0.25) is 4.79 Å². The van der Waals surface area contributed by atoms with Crippen LogP contribution in [-0.4, -0.2) is 33.6 Å². The normalized spacial score (nSPS) is 14.1. The van der Waals surface area contributed by atoms with Crippen LogP contribution in [0.1, 0.15) is 23.5 Å². The van der Waals surface area contributed by atoms with Gasteiger partial charge in [0.25, 0.3) is 0 Å². The Kier molecular flexibility index (Phi) is 5.59. The number of hydrogen-bond acceptors (Lipinski definition) is 5. The summed E-state index contributed by atoms with van der Waals surface area (Å²) >= 11 is 1.13. The number of nitrogens with zero attached hydrogens (tertiary/aromatic N) is 3. The molecule has 0 unspecified atom stereocenters. The lowest BCUT2D eigenvalue weighted by Crippen LogP contribution is -2.45. The summed E-state index contributed by atoms with van der Waals surface area (Å²) in [5.41, 5.74) is 0.449. The van der Waals surface area contributed by atoms with Gasteiger partial charge < -0.3 is 15.5 Å². The molecule has 0 fully saturated rings. The van der Waals surface area contributed by atoms with Crippen molar-refractivity contribution in [3.05, 3.63) is 64.4 Å². The van der Waals surface area contributed by atoms with E-state index in [1.165, 1.54) is 12.1 Å². The first-order valence-electron chi connectivity index (χ1n) is 9.24. The van der Waals surface area contributed by atoms with Gasteiger partial charge in [-0.1, -0.05) is 23.5 Å². The first-order valence-corrected chi connectivity index (χ1v) is 10.1. The Bertz CT molecular complexity index is 1170. The van der Waals surface area contributed by atoms with Gasteiger partial charge in [-0.25, -0.2) is 18.0 Å². The fraction of sp³-hybridized carbons (Fsp3) is 0.200. The summed E-state index contributed by atoms with van der Waals surface area (Å²) < 4.78 is 41.4. The molecular formula is C20H16F3N5O2S. The summed E-state index contributed by atoms with van der Waals surface area (Å²) in [6, 6.07) is 7.19. The summed E-state index contributed by atoms with van der Waals surface area (Å²) in [6.07, 6.45) is 0. The highest BCUT2D eigenvalue weighted by Gasteiger charge is 2.28. The van der Waals surface area contributed by atoms with Crippen molar-refractivity contribution in [2.45, 2.75) is 19.5 Å². The topological polar surface area (TPSA) is 87.2 Å². The minimum Gasteiger partial charge on any atom is -0.346 e. The smallest absolute Gasteiger partial charge is 0.322 e. The maximum Gasteiger partial charge on any atom is 0.322 e. The molecule has 0 aliphatic carbocycles. The standard InChI is InChI=1S/C20H16F3N5O2S/c1-10(18-26-27-19(31-18)11-4-2-3-5-13(11)21)24-16(29)9-28-8-12-15(25-20(28)30)7-6-14(22)17(12)23/h2-7,10H,8-9H2,1H3,(H,24,29)(H,25,30)/t10-/m1/s1. The van der Waals surface area contributed by atoms with Crippen molar-refractivity contribution in [3.63, 3.8) is 0 Å². The molecule has 0 saturated carbocycles. The third-order valence-electron chi connectivity index (χ3n) is 4.70. The van der Waals surface area contributed by atoms with Crippen LogP contribution >= 0.6 is 11.3 Å². The molecule has 1 aromatic heterocycles. The predicted molar refractivity (Wildman–Crippen MR) is 108 cm³/mol. The van der Waals surface area contributed by atoms with Gasteiger partial charge in [-0.15, -0.1) is 10.2 Å². The van der Waals surface area contributed by atoms with Gasteiger partial charge in [0.05, 0.1) is 18.3 Å². The van der Waals surface area contributed by atoms with Crippen molar-refractivity contribution < 1.29 is 22.8 Å². The monoisotopic (exact) mass is 447 g/mol. The highest BCUT2D eigenvalue weighted by atomic mass is 32.1. The number of rotatable bonds is 5. The molecular weight excluding hydrogens is 431 g/mol. The zero-order valence-corrected chi connectivity index (χ0v) is 17.0. The molecule has 31 heavy (non-hydrogen) atoms. The Morgan fingerprint density at radius 1 is 1.19 bits per heavy atom. The van der Waals surface area contributed by atoms with Gasteiger partial charge >= 0.3 is 6.03 Å². The average Bonchev–Trinajstić information content (AvgIpc) is 3.22. The molecule has 4 rings (SSSR count). The zero-order chi connectivity index (χ0) is 22.1. The molecule has 1 aliphatic heterocycles. The summed E-state index contributed by atoms with van der Waals surface area (Å²) in [6.45, 7) is 1.05. The van der Waals surface area contributed by atoms with Crippen LogP contribution in [0.15, 0.2) is 36.4 Å². The third-order valence-corrected chi connectivity index (χ3v) is 5.84. The van der Waals surface area contributed by atoms with Gasteiger partial charge in [-0.05, 0) is 31.2 Å². The van der Waals surface area contributed by atoms with E-state index in [4.69, 9.17) is 0 Å². The number of fused-ring (bicyclic) bond motifs is 1. The van der Waals surface area contributed by atoms with Crippen LogP contribution < -0.4 is 10.6 Å². The maximum atomic E-state index is 14.0. The number of hydrogen-bond donors (Lipinski definition) is 2. The zero-order valence-electron chi connectivity index (χ0n) is 16.2. The van der Waals surface area contributed by atoms with E-state index in [0.717, 1.165) is 22.3 Å². The fourth-order valence-corrected chi connectivity index (χ4v) is 4.00. The molecule has 1 atom stereocenters.